The van der Waals surface area contributed by atoms with E-state index in [2.05, 4.69) is 15.4 Å². The minimum atomic E-state index is -0.691. The molecule has 0 aromatic heterocycles. The molecule has 0 aliphatic carbocycles. The molecule has 1 N–H and O–H groups in total. The third-order valence-electron chi connectivity index (χ3n) is 4.39. The van der Waals surface area contributed by atoms with E-state index in [-0.39, 0.29) is 0 Å². The number of para-hydroxylation sites is 1. The maximum Gasteiger partial charge on any atom is 0.329 e. The molecule has 26 heavy (non-hydrogen) atoms. The van der Waals surface area contributed by atoms with Gasteiger partial charge in [-0.2, -0.15) is 5.10 Å². The number of rotatable bonds is 4. The summed E-state index contributed by atoms with van der Waals surface area (Å²) in [5, 5.41) is 3.88. The van der Waals surface area contributed by atoms with Crippen LogP contribution in [0.5, 0.6) is 0 Å². The molecular formula is C20H22N4O2. The highest BCUT2D eigenvalue weighted by molar-refractivity contribution is 6.35. The number of likely N-dealkylation sites (tertiary alicyclic amines) is 1. The second-order valence-corrected chi connectivity index (χ2v) is 6.18. The number of hydrogen-bond acceptors (Lipinski definition) is 4. The first-order chi connectivity index (χ1) is 12.6. The highest BCUT2D eigenvalue weighted by Crippen LogP contribution is 2.22. The van der Waals surface area contributed by atoms with Gasteiger partial charge in [-0.15, -0.1) is 0 Å². The number of amides is 2. The average molecular weight is 350 g/mol. The second-order valence-electron chi connectivity index (χ2n) is 6.18. The molecule has 2 aromatic carbocycles. The van der Waals surface area contributed by atoms with Crippen LogP contribution in [0, 0.1) is 0 Å². The van der Waals surface area contributed by atoms with Crippen molar-refractivity contribution in [2.45, 2.75) is 12.8 Å². The van der Waals surface area contributed by atoms with Crippen molar-refractivity contribution in [1.82, 2.24) is 10.3 Å². The highest BCUT2D eigenvalue weighted by atomic mass is 16.2. The Hall–Kier alpha value is -3.15. The number of carbonyl (C=O) groups is 2. The molecule has 2 aromatic rings. The molecule has 0 bridgehead atoms. The van der Waals surface area contributed by atoms with Gasteiger partial charge in [-0.25, -0.2) is 5.43 Å². The molecule has 6 heteroatoms. The number of nitrogens with one attached hydrogen (secondary N) is 1. The number of hydrogen-bond donors (Lipinski definition) is 1. The van der Waals surface area contributed by atoms with Crippen LogP contribution in [0.2, 0.25) is 0 Å². The number of hydrazone groups is 1. The Labute approximate surface area is 153 Å². The van der Waals surface area contributed by atoms with Crippen molar-refractivity contribution in [2.24, 2.45) is 5.10 Å². The Kier molecular flexibility index (Phi) is 5.63. The molecule has 1 aliphatic rings. The molecular weight excluding hydrogens is 328 g/mol. The Balaban J connectivity index is 1.56. The van der Waals surface area contributed by atoms with Crippen LogP contribution in [-0.4, -0.2) is 43.1 Å². The summed E-state index contributed by atoms with van der Waals surface area (Å²) in [6.07, 6.45) is 3.43. The molecule has 2 amide bonds. The van der Waals surface area contributed by atoms with Gasteiger partial charge in [-0.3, -0.25) is 9.59 Å². The summed E-state index contributed by atoms with van der Waals surface area (Å²) >= 11 is 0. The normalized spacial score (nSPS) is 13.8. The van der Waals surface area contributed by atoms with Crippen LogP contribution in [0.1, 0.15) is 18.4 Å². The summed E-state index contributed by atoms with van der Waals surface area (Å²) in [6, 6.07) is 17.8. The Bertz CT molecular complexity index is 781. The van der Waals surface area contributed by atoms with E-state index in [4.69, 9.17) is 0 Å². The van der Waals surface area contributed by atoms with Crippen LogP contribution in [-0.2, 0) is 9.59 Å². The van der Waals surface area contributed by atoms with Crippen LogP contribution in [0.15, 0.2) is 59.7 Å². The first kappa shape index (κ1) is 17.7. The van der Waals surface area contributed by atoms with E-state index in [9.17, 15) is 9.59 Å². The smallest absolute Gasteiger partial charge is 0.329 e. The molecule has 1 heterocycles. The molecule has 0 spiro atoms. The fourth-order valence-corrected chi connectivity index (χ4v) is 2.86. The lowest BCUT2D eigenvalue weighted by Gasteiger charge is -2.19. The quantitative estimate of drug-likeness (QED) is 0.523. The highest BCUT2D eigenvalue weighted by Gasteiger charge is 2.23. The number of carbonyl (C=O) groups excluding carboxylic acids is 2. The predicted molar refractivity (Wildman–Crippen MR) is 102 cm³/mol. The summed E-state index contributed by atoms with van der Waals surface area (Å²) in [6.45, 7) is 1.29. The zero-order chi connectivity index (χ0) is 18.4. The zero-order valence-corrected chi connectivity index (χ0v) is 14.8. The number of nitrogens with zero attached hydrogens (tertiary/aromatic N) is 3. The molecule has 134 valence electrons. The van der Waals surface area contributed by atoms with Crippen LogP contribution < -0.4 is 10.3 Å². The standard InChI is InChI=1S/C20H22N4O2/c1-23(17-7-3-2-4-8-17)18-11-9-16(10-12-18)15-21-22-19(25)20(26)24-13-5-6-14-24/h2-4,7-12,15H,5-6,13-14H2,1H3,(H,22,25)/b21-15-. The molecule has 0 atom stereocenters. The lowest BCUT2D eigenvalue weighted by atomic mass is 10.2. The number of benzene rings is 2. The van der Waals surface area contributed by atoms with Crippen molar-refractivity contribution in [3.05, 3.63) is 60.2 Å². The monoisotopic (exact) mass is 350 g/mol. The van der Waals surface area contributed by atoms with E-state index in [0.29, 0.717) is 13.1 Å². The van der Waals surface area contributed by atoms with Crippen LogP contribution in [0.25, 0.3) is 0 Å². The van der Waals surface area contributed by atoms with Gasteiger partial charge in [0, 0.05) is 31.5 Å². The van der Waals surface area contributed by atoms with Crippen molar-refractivity contribution in [2.75, 3.05) is 25.0 Å². The minimum Gasteiger partial charge on any atom is -0.345 e. The molecule has 0 saturated carbocycles. The zero-order valence-electron chi connectivity index (χ0n) is 14.8. The summed E-state index contributed by atoms with van der Waals surface area (Å²) < 4.78 is 0. The van der Waals surface area contributed by atoms with Crippen molar-refractivity contribution >= 4 is 29.4 Å². The largest absolute Gasteiger partial charge is 0.345 e. The molecule has 0 unspecified atom stereocenters. The van der Waals surface area contributed by atoms with Gasteiger partial charge in [0.15, 0.2) is 0 Å². The lowest BCUT2D eigenvalue weighted by molar-refractivity contribution is -0.145. The van der Waals surface area contributed by atoms with Crippen molar-refractivity contribution < 1.29 is 9.59 Å². The third kappa shape index (κ3) is 4.27. The van der Waals surface area contributed by atoms with Crippen molar-refractivity contribution in [1.29, 1.82) is 0 Å². The van der Waals surface area contributed by atoms with E-state index in [1.807, 2.05) is 61.6 Å². The summed E-state index contributed by atoms with van der Waals surface area (Å²) in [5.41, 5.74) is 5.28. The predicted octanol–water partition coefficient (Wildman–Crippen LogP) is 2.53. The lowest BCUT2D eigenvalue weighted by Crippen LogP contribution is -2.39. The molecule has 1 aliphatic heterocycles. The molecule has 6 nitrogen and oxygen atoms in total. The molecule has 0 radical (unpaired) electrons. The second kappa shape index (κ2) is 8.29. The topological polar surface area (TPSA) is 65.0 Å². The molecule has 1 fully saturated rings. The van der Waals surface area contributed by atoms with E-state index in [1.54, 1.807) is 4.90 Å². The van der Waals surface area contributed by atoms with Gasteiger partial charge in [0.05, 0.1) is 6.21 Å². The molecule has 3 rings (SSSR count). The van der Waals surface area contributed by atoms with Gasteiger partial charge >= 0.3 is 11.8 Å². The van der Waals surface area contributed by atoms with E-state index in [1.165, 1.54) is 6.21 Å². The first-order valence-corrected chi connectivity index (χ1v) is 8.66. The van der Waals surface area contributed by atoms with Gasteiger partial charge < -0.3 is 9.80 Å². The maximum absolute atomic E-state index is 11.9. The Morgan fingerprint density at radius 1 is 1.00 bits per heavy atom. The van der Waals surface area contributed by atoms with E-state index >= 15 is 0 Å². The van der Waals surface area contributed by atoms with E-state index in [0.717, 1.165) is 29.8 Å². The summed E-state index contributed by atoms with van der Waals surface area (Å²) in [5.74, 6) is -1.21. The molecule has 1 saturated heterocycles. The SMILES string of the molecule is CN(c1ccccc1)c1ccc(/C=N\NC(=O)C(=O)N2CCCC2)cc1. The average Bonchev–Trinajstić information content (AvgIpc) is 3.23. The summed E-state index contributed by atoms with van der Waals surface area (Å²) in [4.78, 5) is 27.3. The van der Waals surface area contributed by atoms with Gasteiger partial charge in [0.1, 0.15) is 0 Å². The van der Waals surface area contributed by atoms with Crippen LogP contribution in [0.4, 0.5) is 11.4 Å². The Morgan fingerprint density at radius 2 is 1.62 bits per heavy atom. The number of anilines is 2. The first-order valence-electron chi connectivity index (χ1n) is 8.66. The van der Waals surface area contributed by atoms with Gasteiger partial charge in [0.25, 0.3) is 0 Å². The third-order valence-corrected chi connectivity index (χ3v) is 4.39. The fraction of sp³-hybridized carbons (Fsp3) is 0.250. The summed E-state index contributed by atoms with van der Waals surface area (Å²) in [7, 11) is 2.00. The fourth-order valence-electron chi connectivity index (χ4n) is 2.86. The van der Waals surface area contributed by atoms with Crippen LogP contribution >= 0.6 is 0 Å². The van der Waals surface area contributed by atoms with Crippen LogP contribution in [0.3, 0.4) is 0 Å². The van der Waals surface area contributed by atoms with Gasteiger partial charge in [0.2, 0.25) is 0 Å². The van der Waals surface area contributed by atoms with Gasteiger partial charge in [-0.1, -0.05) is 30.3 Å². The minimum absolute atomic E-state index is 0.514. The van der Waals surface area contributed by atoms with Crippen molar-refractivity contribution in [3.63, 3.8) is 0 Å². The van der Waals surface area contributed by atoms with E-state index < -0.39 is 11.8 Å². The van der Waals surface area contributed by atoms with Crippen molar-refractivity contribution in [3.8, 4) is 0 Å². The maximum atomic E-state index is 11.9. The van der Waals surface area contributed by atoms with Gasteiger partial charge in [-0.05, 0) is 42.7 Å². The Morgan fingerprint density at radius 3 is 2.27 bits per heavy atom.